The smallest absolute Gasteiger partial charge is 0.210 e. The molecular formula is C8H12N2O4S2. The molecular weight excluding hydrogens is 252 g/mol. The number of rotatable bonds is 4. The van der Waals surface area contributed by atoms with Crippen molar-refractivity contribution in [3.8, 4) is 0 Å². The predicted octanol–water partition coefficient (Wildman–Crippen LogP) is -0.548. The highest BCUT2D eigenvalue weighted by Crippen LogP contribution is 2.08. The van der Waals surface area contributed by atoms with Crippen molar-refractivity contribution in [3.63, 3.8) is 0 Å². The first-order valence-electron chi connectivity index (χ1n) is 4.37. The molecule has 0 saturated carbocycles. The van der Waals surface area contributed by atoms with Crippen LogP contribution in [-0.2, 0) is 19.9 Å². The Morgan fingerprint density at radius 1 is 1.19 bits per heavy atom. The van der Waals surface area contributed by atoms with Crippen molar-refractivity contribution in [2.45, 2.75) is 11.9 Å². The van der Waals surface area contributed by atoms with Gasteiger partial charge in [-0.2, -0.15) is 0 Å². The van der Waals surface area contributed by atoms with Gasteiger partial charge in [-0.15, -0.1) is 0 Å². The van der Waals surface area contributed by atoms with Crippen LogP contribution >= 0.6 is 0 Å². The number of primary sulfonamides is 1. The van der Waals surface area contributed by atoms with Gasteiger partial charge in [-0.3, -0.25) is 0 Å². The van der Waals surface area contributed by atoms with Crippen LogP contribution in [0, 0.1) is 6.92 Å². The third-order valence-corrected chi connectivity index (χ3v) is 4.49. The molecule has 16 heavy (non-hydrogen) atoms. The Kier molecular flexibility index (Phi) is 3.66. The van der Waals surface area contributed by atoms with Crippen molar-refractivity contribution in [1.82, 2.24) is 4.98 Å². The number of pyridine rings is 1. The Bertz CT molecular complexity index is 561. The van der Waals surface area contributed by atoms with Gasteiger partial charge in [-0.05, 0) is 18.6 Å². The van der Waals surface area contributed by atoms with Gasteiger partial charge in [0.05, 0.1) is 11.5 Å². The first-order chi connectivity index (χ1) is 7.21. The largest absolute Gasteiger partial charge is 0.244 e. The topological polar surface area (TPSA) is 107 Å². The molecule has 0 unspecified atom stereocenters. The molecule has 1 aromatic heterocycles. The molecule has 1 heterocycles. The number of aromatic nitrogens is 1. The summed E-state index contributed by atoms with van der Waals surface area (Å²) in [6.07, 6.45) is 1.41. The van der Waals surface area contributed by atoms with E-state index in [2.05, 4.69) is 4.98 Å². The molecule has 6 nitrogen and oxygen atoms in total. The molecule has 0 bridgehead atoms. The lowest BCUT2D eigenvalue weighted by atomic mass is 10.3. The van der Waals surface area contributed by atoms with Crippen LogP contribution in [0.25, 0.3) is 0 Å². The summed E-state index contributed by atoms with van der Waals surface area (Å²) in [6.45, 7) is 1.77. The minimum absolute atomic E-state index is 0.137. The van der Waals surface area contributed by atoms with E-state index in [0.717, 1.165) is 5.56 Å². The van der Waals surface area contributed by atoms with Gasteiger partial charge in [0.25, 0.3) is 0 Å². The summed E-state index contributed by atoms with van der Waals surface area (Å²) in [5, 5.41) is 4.59. The third-order valence-electron chi connectivity index (χ3n) is 1.84. The zero-order valence-corrected chi connectivity index (χ0v) is 10.3. The fraction of sp³-hybridized carbons (Fsp3) is 0.375. The highest BCUT2D eigenvalue weighted by atomic mass is 32.2. The quantitative estimate of drug-likeness (QED) is 0.785. The number of hydrogen-bond donors (Lipinski definition) is 1. The lowest BCUT2D eigenvalue weighted by molar-refractivity contribution is 0.586. The second kappa shape index (κ2) is 4.48. The Labute approximate surface area is 94.5 Å². The summed E-state index contributed by atoms with van der Waals surface area (Å²) in [4.78, 5) is 3.73. The number of hydrogen-bond acceptors (Lipinski definition) is 5. The van der Waals surface area contributed by atoms with Crippen molar-refractivity contribution < 1.29 is 16.8 Å². The van der Waals surface area contributed by atoms with Crippen LogP contribution in [0.3, 0.4) is 0 Å². The molecule has 0 aliphatic carbocycles. The fourth-order valence-corrected chi connectivity index (χ4v) is 3.47. The number of sulfone groups is 1. The number of nitrogens with zero attached hydrogens (tertiary/aromatic N) is 1. The van der Waals surface area contributed by atoms with Gasteiger partial charge in [0, 0.05) is 6.20 Å². The third kappa shape index (κ3) is 3.87. The fourth-order valence-electron chi connectivity index (χ4n) is 0.969. The van der Waals surface area contributed by atoms with Gasteiger partial charge in [0.15, 0.2) is 14.9 Å². The monoisotopic (exact) mass is 264 g/mol. The van der Waals surface area contributed by atoms with E-state index in [1.807, 2.05) is 0 Å². The van der Waals surface area contributed by atoms with Gasteiger partial charge in [-0.25, -0.2) is 27.0 Å². The van der Waals surface area contributed by atoms with Gasteiger partial charge in [-0.1, -0.05) is 6.07 Å². The highest BCUT2D eigenvalue weighted by molar-refractivity contribution is 7.94. The minimum Gasteiger partial charge on any atom is -0.244 e. The molecule has 0 aliphatic heterocycles. The summed E-state index contributed by atoms with van der Waals surface area (Å²) in [7, 11) is -7.46. The van der Waals surface area contributed by atoms with Gasteiger partial charge >= 0.3 is 0 Å². The van der Waals surface area contributed by atoms with Crippen LogP contribution < -0.4 is 5.14 Å². The summed E-state index contributed by atoms with van der Waals surface area (Å²) < 4.78 is 44.5. The number of aryl methyl sites for hydroxylation is 1. The molecule has 0 aromatic carbocycles. The molecule has 0 radical (unpaired) electrons. The normalized spacial score (nSPS) is 12.6. The molecule has 0 spiro atoms. The van der Waals surface area contributed by atoms with Crippen LogP contribution in [0.4, 0.5) is 0 Å². The van der Waals surface area contributed by atoms with E-state index in [-0.39, 0.29) is 5.03 Å². The lowest BCUT2D eigenvalue weighted by Crippen LogP contribution is -2.23. The molecule has 8 heteroatoms. The first kappa shape index (κ1) is 13.1. The minimum atomic E-state index is -3.78. The van der Waals surface area contributed by atoms with Crippen LogP contribution in [0.5, 0.6) is 0 Å². The number of nitrogens with two attached hydrogens (primary N) is 1. The highest BCUT2D eigenvalue weighted by Gasteiger charge is 2.18. The average Bonchev–Trinajstić information content (AvgIpc) is 2.15. The second-order valence-electron chi connectivity index (χ2n) is 3.36. The van der Waals surface area contributed by atoms with Crippen LogP contribution in [0.1, 0.15) is 5.56 Å². The standard InChI is InChI=1S/C8H12N2O4S2/c1-7-2-3-8(10-6-7)15(11,12)4-5-16(9,13)14/h2-3,6H,4-5H2,1H3,(H2,9,13,14). The lowest BCUT2D eigenvalue weighted by Gasteiger charge is -2.02. The van der Waals surface area contributed by atoms with Gasteiger partial charge in [0.1, 0.15) is 0 Å². The molecule has 0 fully saturated rings. The molecule has 1 rings (SSSR count). The van der Waals surface area contributed by atoms with E-state index in [1.54, 1.807) is 13.0 Å². The van der Waals surface area contributed by atoms with E-state index >= 15 is 0 Å². The van der Waals surface area contributed by atoms with Crippen molar-refractivity contribution in [1.29, 1.82) is 0 Å². The Morgan fingerprint density at radius 2 is 1.81 bits per heavy atom. The maximum absolute atomic E-state index is 11.6. The number of sulfonamides is 1. The first-order valence-corrected chi connectivity index (χ1v) is 7.73. The summed E-state index contributed by atoms with van der Waals surface area (Å²) in [5.41, 5.74) is 0.824. The van der Waals surface area contributed by atoms with Crippen molar-refractivity contribution in [2.24, 2.45) is 5.14 Å². The Morgan fingerprint density at radius 3 is 2.25 bits per heavy atom. The van der Waals surface area contributed by atoms with Crippen LogP contribution in [0.15, 0.2) is 23.4 Å². The van der Waals surface area contributed by atoms with Crippen molar-refractivity contribution in [2.75, 3.05) is 11.5 Å². The van der Waals surface area contributed by atoms with Gasteiger partial charge in [0.2, 0.25) is 10.0 Å². The molecule has 1 aromatic rings. The zero-order chi connectivity index (χ0) is 12.4. The Hall–Kier alpha value is -0.990. The Balaban J connectivity index is 2.91. The van der Waals surface area contributed by atoms with E-state index in [0.29, 0.717) is 0 Å². The SMILES string of the molecule is Cc1ccc(S(=O)(=O)CCS(N)(=O)=O)nc1. The average molecular weight is 264 g/mol. The van der Waals surface area contributed by atoms with E-state index in [9.17, 15) is 16.8 Å². The summed E-state index contributed by atoms with van der Waals surface area (Å²) >= 11 is 0. The second-order valence-corrected chi connectivity index (χ2v) is 7.15. The van der Waals surface area contributed by atoms with E-state index in [4.69, 9.17) is 5.14 Å². The van der Waals surface area contributed by atoms with Gasteiger partial charge < -0.3 is 0 Å². The molecule has 2 N–H and O–H groups in total. The van der Waals surface area contributed by atoms with Crippen LogP contribution in [-0.4, -0.2) is 33.3 Å². The molecule has 0 aliphatic rings. The molecule has 0 amide bonds. The maximum atomic E-state index is 11.6. The van der Waals surface area contributed by atoms with E-state index in [1.165, 1.54) is 12.3 Å². The molecule has 0 saturated heterocycles. The predicted molar refractivity (Wildman–Crippen MR) is 59.0 cm³/mol. The van der Waals surface area contributed by atoms with Crippen LogP contribution in [0.2, 0.25) is 0 Å². The van der Waals surface area contributed by atoms with E-state index < -0.39 is 31.4 Å². The molecule has 0 atom stereocenters. The summed E-state index contributed by atoms with van der Waals surface area (Å²) in [6, 6.07) is 2.94. The van der Waals surface area contributed by atoms with Crippen molar-refractivity contribution >= 4 is 19.9 Å². The van der Waals surface area contributed by atoms with Crippen molar-refractivity contribution in [3.05, 3.63) is 23.9 Å². The zero-order valence-electron chi connectivity index (χ0n) is 8.62. The summed E-state index contributed by atoms with van der Waals surface area (Å²) in [5.74, 6) is -1.16. The molecule has 90 valence electrons. The maximum Gasteiger partial charge on any atom is 0.210 e.